The van der Waals surface area contributed by atoms with Gasteiger partial charge in [-0.2, -0.15) is 0 Å². The lowest BCUT2D eigenvalue weighted by atomic mass is 10.1. The summed E-state index contributed by atoms with van der Waals surface area (Å²) in [6, 6.07) is 10.8. The van der Waals surface area contributed by atoms with Crippen LogP contribution in [0.1, 0.15) is 12.0 Å². The van der Waals surface area contributed by atoms with Crippen LogP contribution in [0.2, 0.25) is 10.0 Å². The molecule has 3 rings (SSSR count). The largest absolute Gasteiger partial charge is 0.472 e. The number of hydrogen-bond acceptors (Lipinski definition) is 3. The lowest BCUT2D eigenvalue weighted by Gasteiger charge is -2.17. The molecular weight excluding hydrogens is 335 g/mol. The third-order valence-corrected chi connectivity index (χ3v) is 4.52. The predicted molar refractivity (Wildman–Crippen MR) is 90.0 cm³/mol. The smallest absolute Gasteiger partial charge is 0.227 e. The zero-order valence-electron chi connectivity index (χ0n) is 12.4. The van der Waals surface area contributed by atoms with Crippen LogP contribution in [0, 0.1) is 0 Å². The molecule has 0 bridgehead atoms. The minimum atomic E-state index is -0.0319. The Balaban J connectivity index is 1.59. The van der Waals surface area contributed by atoms with Gasteiger partial charge in [-0.05, 0) is 23.8 Å². The van der Waals surface area contributed by atoms with Gasteiger partial charge >= 0.3 is 0 Å². The Hall–Kier alpha value is -1.78. The number of carbonyl (C=O) groups is 1. The Labute approximate surface area is 145 Å². The van der Waals surface area contributed by atoms with E-state index in [9.17, 15) is 4.79 Å². The maximum Gasteiger partial charge on any atom is 0.227 e. The normalized spacial score (nSPS) is 17.3. The molecule has 2 heterocycles. The van der Waals surface area contributed by atoms with E-state index in [2.05, 4.69) is 4.98 Å². The SMILES string of the molecule is O=C(Cc1c(Cl)cccc1Cl)N1CC[C@H](Oc2ccccn2)C1. The van der Waals surface area contributed by atoms with E-state index >= 15 is 0 Å². The molecule has 0 N–H and O–H groups in total. The van der Waals surface area contributed by atoms with Crippen molar-refractivity contribution in [3.05, 3.63) is 58.2 Å². The molecule has 1 aliphatic rings. The van der Waals surface area contributed by atoms with Crippen LogP contribution in [0.5, 0.6) is 5.88 Å². The summed E-state index contributed by atoms with van der Waals surface area (Å²) in [5, 5.41) is 1.04. The fraction of sp³-hybridized carbons (Fsp3) is 0.294. The van der Waals surface area contributed by atoms with E-state index in [1.54, 1.807) is 29.3 Å². The lowest BCUT2D eigenvalue weighted by Crippen LogP contribution is -2.32. The van der Waals surface area contributed by atoms with Gasteiger partial charge in [-0.25, -0.2) is 4.98 Å². The Morgan fingerprint density at radius 3 is 2.70 bits per heavy atom. The van der Waals surface area contributed by atoms with Crippen molar-refractivity contribution in [1.29, 1.82) is 0 Å². The van der Waals surface area contributed by atoms with Gasteiger partial charge in [0.25, 0.3) is 0 Å². The Bertz CT molecular complexity index is 674. The van der Waals surface area contributed by atoms with E-state index in [0.717, 1.165) is 6.42 Å². The van der Waals surface area contributed by atoms with Crippen molar-refractivity contribution in [2.24, 2.45) is 0 Å². The second-order valence-electron chi connectivity index (χ2n) is 5.41. The topological polar surface area (TPSA) is 42.4 Å². The summed E-state index contributed by atoms with van der Waals surface area (Å²) in [6.07, 6.45) is 2.65. The van der Waals surface area contributed by atoms with Crippen LogP contribution in [0.4, 0.5) is 0 Å². The lowest BCUT2D eigenvalue weighted by molar-refractivity contribution is -0.129. The number of rotatable bonds is 4. The average Bonchev–Trinajstić information content (AvgIpc) is 3.00. The molecule has 1 amide bonds. The van der Waals surface area contributed by atoms with Gasteiger partial charge in [0, 0.05) is 35.3 Å². The molecule has 2 aromatic rings. The first-order valence-corrected chi connectivity index (χ1v) is 8.17. The average molecular weight is 351 g/mol. The predicted octanol–water partition coefficient (Wildman–Crippen LogP) is 3.61. The number of aromatic nitrogens is 1. The van der Waals surface area contributed by atoms with Gasteiger partial charge in [0.1, 0.15) is 6.10 Å². The monoisotopic (exact) mass is 350 g/mol. The summed E-state index contributed by atoms with van der Waals surface area (Å²) < 4.78 is 5.80. The Morgan fingerprint density at radius 2 is 2.00 bits per heavy atom. The number of pyridine rings is 1. The number of nitrogens with zero attached hydrogens (tertiary/aromatic N) is 2. The first kappa shape index (κ1) is 16.1. The Morgan fingerprint density at radius 1 is 1.22 bits per heavy atom. The molecule has 0 radical (unpaired) electrons. The molecule has 1 fully saturated rings. The van der Waals surface area contributed by atoms with Crippen LogP contribution in [-0.4, -0.2) is 35.0 Å². The van der Waals surface area contributed by atoms with Crippen LogP contribution in [0.15, 0.2) is 42.6 Å². The van der Waals surface area contributed by atoms with Gasteiger partial charge in [0.05, 0.1) is 13.0 Å². The zero-order chi connectivity index (χ0) is 16.2. The molecule has 1 atom stereocenters. The molecule has 4 nitrogen and oxygen atoms in total. The van der Waals surface area contributed by atoms with E-state index in [0.29, 0.717) is 34.6 Å². The van der Waals surface area contributed by atoms with E-state index < -0.39 is 0 Å². The summed E-state index contributed by atoms with van der Waals surface area (Å²) in [5.74, 6) is 0.591. The van der Waals surface area contributed by atoms with Crippen molar-refractivity contribution in [2.45, 2.75) is 18.9 Å². The van der Waals surface area contributed by atoms with Crippen molar-refractivity contribution in [2.75, 3.05) is 13.1 Å². The Kier molecular flexibility index (Phi) is 5.03. The maximum atomic E-state index is 12.5. The third kappa shape index (κ3) is 3.95. The van der Waals surface area contributed by atoms with Gasteiger partial charge in [-0.3, -0.25) is 4.79 Å². The molecule has 0 unspecified atom stereocenters. The molecule has 1 aromatic carbocycles. The van der Waals surface area contributed by atoms with Crippen LogP contribution in [0.3, 0.4) is 0 Å². The highest BCUT2D eigenvalue weighted by Crippen LogP contribution is 2.26. The first-order chi connectivity index (χ1) is 11.1. The van der Waals surface area contributed by atoms with Crippen molar-refractivity contribution in [1.82, 2.24) is 9.88 Å². The molecule has 1 saturated heterocycles. The van der Waals surface area contributed by atoms with Gasteiger partial charge in [0.2, 0.25) is 11.8 Å². The number of ether oxygens (including phenoxy) is 1. The quantitative estimate of drug-likeness (QED) is 0.845. The summed E-state index contributed by atoms with van der Waals surface area (Å²) in [5.41, 5.74) is 0.676. The highest BCUT2D eigenvalue weighted by Gasteiger charge is 2.28. The third-order valence-electron chi connectivity index (χ3n) is 3.81. The summed E-state index contributed by atoms with van der Waals surface area (Å²) in [4.78, 5) is 18.4. The molecule has 0 aliphatic carbocycles. The van der Waals surface area contributed by atoms with E-state index in [4.69, 9.17) is 27.9 Å². The number of benzene rings is 1. The summed E-state index contributed by atoms with van der Waals surface area (Å²) in [6.45, 7) is 1.22. The second-order valence-corrected chi connectivity index (χ2v) is 6.23. The fourth-order valence-corrected chi connectivity index (χ4v) is 3.13. The van der Waals surface area contributed by atoms with Crippen molar-refractivity contribution in [3.63, 3.8) is 0 Å². The molecular formula is C17H16Cl2N2O2. The second kappa shape index (κ2) is 7.20. The number of carbonyl (C=O) groups excluding carboxylic acids is 1. The molecule has 1 aromatic heterocycles. The maximum absolute atomic E-state index is 12.5. The number of likely N-dealkylation sites (tertiary alicyclic amines) is 1. The molecule has 0 saturated carbocycles. The molecule has 6 heteroatoms. The number of halogens is 2. The van der Waals surface area contributed by atoms with Crippen LogP contribution in [-0.2, 0) is 11.2 Å². The fourth-order valence-electron chi connectivity index (χ4n) is 2.60. The van der Waals surface area contributed by atoms with Gasteiger partial charge in [-0.15, -0.1) is 0 Å². The number of hydrogen-bond donors (Lipinski definition) is 0. The molecule has 23 heavy (non-hydrogen) atoms. The molecule has 1 aliphatic heterocycles. The van der Waals surface area contributed by atoms with Gasteiger partial charge in [-0.1, -0.05) is 35.3 Å². The standard InChI is InChI=1S/C17H16Cl2N2O2/c18-14-4-3-5-15(19)13(14)10-17(22)21-9-7-12(11-21)23-16-6-1-2-8-20-16/h1-6,8,12H,7,9-11H2/t12-/m0/s1. The summed E-state index contributed by atoms with van der Waals surface area (Å²) >= 11 is 12.3. The van der Waals surface area contributed by atoms with Crippen molar-refractivity contribution in [3.8, 4) is 5.88 Å². The van der Waals surface area contributed by atoms with Crippen LogP contribution < -0.4 is 4.74 Å². The minimum Gasteiger partial charge on any atom is -0.472 e. The highest BCUT2D eigenvalue weighted by molar-refractivity contribution is 6.36. The van der Waals surface area contributed by atoms with Crippen LogP contribution >= 0.6 is 23.2 Å². The molecule has 120 valence electrons. The zero-order valence-corrected chi connectivity index (χ0v) is 13.9. The first-order valence-electron chi connectivity index (χ1n) is 7.42. The summed E-state index contributed by atoms with van der Waals surface area (Å²) in [7, 11) is 0. The van der Waals surface area contributed by atoms with Gasteiger partial charge < -0.3 is 9.64 Å². The number of amides is 1. The van der Waals surface area contributed by atoms with Crippen molar-refractivity contribution < 1.29 is 9.53 Å². The van der Waals surface area contributed by atoms with Crippen LogP contribution in [0.25, 0.3) is 0 Å². The van der Waals surface area contributed by atoms with Crippen molar-refractivity contribution >= 4 is 29.1 Å². The van der Waals surface area contributed by atoms with E-state index in [-0.39, 0.29) is 18.4 Å². The van der Waals surface area contributed by atoms with Gasteiger partial charge in [0.15, 0.2) is 0 Å². The molecule has 0 spiro atoms. The van der Waals surface area contributed by atoms with E-state index in [1.807, 2.05) is 18.2 Å². The van der Waals surface area contributed by atoms with E-state index in [1.165, 1.54) is 0 Å². The minimum absolute atomic E-state index is 0.00659. The highest BCUT2D eigenvalue weighted by atomic mass is 35.5.